The molecule has 0 unspecified atom stereocenters. The number of alkyl halides is 3. The van der Waals surface area contributed by atoms with Gasteiger partial charge >= 0.3 is 6.18 Å². The Bertz CT molecular complexity index is 806. The molecule has 0 fully saturated rings. The van der Waals surface area contributed by atoms with Gasteiger partial charge in [0.1, 0.15) is 5.01 Å². The first-order valence-corrected chi connectivity index (χ1v) is 9.47. The predicted molar refractivity (Wildman–Crippen MR) is 115 cm³/mol. The molecule has 0 saturated carbocycles. The smallest absolute Gasteiger partial charge is 0.357 e. The number of hydrogen-bond acceptors (Lipinski definition) is 4. The van der Waals surface area contributed by atoms with Crippen molar-refractivity contribution in [1.82, 2.24) is 20.2 Å². The molecular weight excluding hydrogens is 506 g/mol. The summed E-state index contributed by atoms with van der Waals surface area (Å²) in [4.78, 5) is 19.4. The maximum atomic E-state index is 12.6. The van der Waals surface area contributed by atoms with Gasteiger partial charge in [-0.25, -0.2) is 9.98 Å². The summed E-state index contributed by atoms with van der Waals surface area (Å²) in [5.74, 6) is 0.526. The molecule has 0 aliphatic carbocycles. The summed E-state index contributed by atoms with van der Waals surface area (Å²) >= 11 is 0.941. The van der Waals surface area contributed by atoms with Crippen molar-refractivity contribution >= 4 is 41.3 Å². The van der Waals surface area contributed by atoms with E-state index in [2.05, 4.69) is 20.6 Å². The second-order valence-electron chi connectivity index (χ2n) is 5.69. The topological polar surface area (TPSA) is 71.3 Å². The van der Waals surface area contributed by atoms with Crippen molar-refractivity contribution in [2.75, 3.05) is 13.1 Å². The molecule has 0 aliphatic rings. The number of pyridine rings is 1. The number of aliphatic imine (C=N–C) groups is 1. The summed E-state index contributed by atoms with van der Waals surface area (Å²) in [7, 11) is 0. The molecule has 0 amide bonds. The van der Waals surface area contributed by atoms with E-state index in [4.69, 9.17) is 0 Å². The summed E-state index contributed by atoms with van der Waals surface area (Å²) in [6.07, 6.45) is -1.04. The maximum Gasteiger partial charge on any atom is 0.434 e. The van der Waals surface area contributed by atoms with Gasteiger partial charge in [-0.3, -0.25) is 4.79 Å². The van der Waals surface area contributed by atoms with Gasteiger partial charge in [0.2, 0.25) is 5.56 Å². The molecule has 0 aliphatic heterocycles. The number of aryl methyl sites for hydroxylation is 1. The highest BCUT2D eigenvalue weighted by Gasteiger charge is 2.33. The Kier molecular flexibility index (Phi) is 10.5. The minimum absolute atomic E-state index is 0. The molecule has 0 aromatic carbocycles. The van der Waals surface area contributed by atoms with Crippen LogP contribution in [0.2, 0.25) is 0 Å². The molecule has 0 radical (unpaired) electrons. The standard InChI is InChI=1S/C17H22F3N5OS.HI/c1-2-21-16(23-11-14-24-13(12-27-14)17(18,19)20)22-8-4-6-10-25-9-5-3-7-15(25)26;/h3,5,7,9,12H,2,4,6,8,10-11H2,1H3,(H2,21,22,23);1H. The molecule has 0 atom stereocenters. The van der Waals surface area contributed by atoms with Crippen LogP contribution in [0, 0.1) is 0 Å². The van der Waals surface area contributed by atoms with Crippen LogP contribution in [0.3, 0.4) is 0 Å². The lowest BCUT2D eigenvalue weighted by Gasteiger charge is -2.11. The molecule has 0 spiro atoms. The van der Waals surface area contributed by atoms with Crippen molar-refractivity contribution in [2.45, 2.75) is 39.0 Å². The summed E-state index contributed by atoms with van der Waals surface area (Å²) < 4.78 is 39.4. The third-order valence-corrected chi connectivity index (χ3v) is 4.41. The first kappa shape index (κ1) is 24.4. The highest BCUT2D eigenvalue weighted by Crippen LogP contribution is 2.30. The van der Waals surface area contributed by atoms with E-state index in [9.17, 15) is 18.0 Å². The zero-order valence-corrected chi connectivity index (χ0v) is 18.5. The third kappa shape index (κ3) is 8.17. The number of guanidine groups is 1. The summed E-state index contributed by atoms with van der Waals surface area (Å²) in [5.41, 5.74) is -0.908. The molecule has 28 heavy (non-hydrogen) atoms. The van der Waals surface area contributed by atoms with Crippen LogP contribution in [0.5, 0.6) is 0 Å². The maximum absolute atomic E-state index is 12.6. The zero-order chi connectivity index (χ0) is 19.7. The normalized spacial score (nSPS) is 11.8. The molecule has 156 valence electrons. The Morgan fingerprint density at radius 2 is 2.07 bits per heavy atom. The summed E-state index contributed by atoms with van der Waals surface area (Å²) in [5, 5.41) is 7.49. The molecule has 0 bridgehead atoms. The third-order valence-electron chi connectivity index (χ3n) is 3.58. The lowest BCUT2D eigenvalue weighted by Crippen LogP contribution is -2.37. The molecule has 0 saturated heterocycles. The lowest BCUT2D eigenvalue weighted by atomic mass is 10.3. The first-order chi connectivity index (χ1) is 12.9. The Morgan fingerprint density at radius 3 is 2.71 bits per heavy atom. The molecule has 2 aromatic rings. The number of unbranched alkanes of at least 4 members (excludes halogenated alkanes) is 1. The van der Waals surface area contributed by atoms with Gasteiger partial charge in [-0.05, 0) is 25.8 Å². The van der Waals surface area contributed by atoms with E-state index in [-0.39, 0.29) is 36.1 Å². The molecule has 11 heteroatoms. The monoisotopic (exact) mass is 529 g/mol. The van der Waals surface area contributed by atoms with E-state index in [0.29, 0.717) is 30.6 Å². The van der Waals surface area contributed by atoms with Gasteiger partial charge in [0, 0.05) is 37.3 Å². The van der Waals surface area contributed by atoms with E-state index in [1.54, 1.807) is 16.8 Å². The van der Waals surface area contributed by atoms with Gasteiger partial charge in [-0.15, -0.1) is 35.3 Å². The van der Waals surface area contributed by atoms with E-state index >= 15 is 0 Å². The number of halogens is 4. The van der Waals surface area contributed by atoms with Crippen molar-refractivity contribution in [3.05, 3.63) is 50.8 Å². The van der Waals surface area contributed by atoms with Crippen LogP contribution in [-0.4, -0.2) is 28.6 Å². The fourth-order valence-corrected chi connectivity index (χ4v) is 2.99. The lowest BCUT2D eigenvalue weighted by molar-refractivity contribution is -0.140. The van der Waals surface area contributed by atoms with Crippen molar-refractivity contribution in [3.8, 4) is 0 Å². The second kappa shape index (κ2) is 12.0. The van der Waals surface area contributed by atoms with Crippen LogP contribution in [0.1, 0.15) is 30.5 Å². The first-order valence-electron chi connectivity index (χ1n) is 8.59. The Balaban J connectivity index is 0.00000392. The SMILES string of the molecule is CCNC(=NCc1nc(C(F)(F)F)cs1)NCCCCn1ccccc1=O.I. The van der Waals surface area contributed by atoms with Crippen LogP contribution in [0.15, 0.2) is 39.6 Å². The van der Waals surface area contributed by atoms with Crippen LogP contribution >= 0.6 is 35.3 Å². The Hall–Kier alpha value is -1.63. The van der Waals surface area contributed by atoms with Gasteiger partial charge in [0.25, 0.3) is 0 Å². The number of hydrogen-bond donors (Lipinski definition) is 2. The van der Waals surface area contributed by atoms with Gasteiger partial charge in [0.15, 0.2) is 11.7 Å². The number of nitrogens with one attached hydrogen (secondary N) is 2. The van der Waals surface area contributed by atoms with Crippen LogP contribution in [-0.2, 0) is 19.3 Å². The van der Waals surface area contributed by atoms with Crippen LogP contribution in [0.4, 0.5) is 13.2 Å². The number of rotatable bonds is 8. The largest absolute Gasteiger partial charge is 0.434 e. The number of thiazole rings is 1. The molecule has 2 heterocycles. The molecule has 2 rings (SSSR count). The van der Waals surface area contributed by atoms with Crippen molar-refractivity contribution < 1.29 is 13.2 Å². The average molecular weight is 529 g/mol. The van der Waals surface area contributed by atoms with Gasteiger partial charge in [-0.1, -0.05) is 6.07 Å². The minimum atomic E-state index is -4.43. The van der Waals surface area contributed by atoms with E-state index in [0.717, 1.165) is 29.6 Å². The average Bonchev–Trinajstić information content (AvgIpc) is 3.10. The van der Waals surface area contributed by atoms with E-state index < -0.39 is 11.9 Å². The highest BCUT2D eigenvalue weighted by atomic mass is 127. The highest BCUT2D eigenvalue weighted by molar-refractivity contribution is 14.0. The van der Waals surface area contributed by atoms with Crippen molar-refractivity contribution in [3.63, 3.8) is 0 Å². The van der Waals surface area contributed by atoms with E-state index in [1.165, 1.54) is 6.07 Å². The van der Waals surface area contributed by atoms with E-state index in [1.807, 2.05) is 13.0 Å². The van der Waals surface area contributed by atoms with Crippen molar-refractivity contribution in [2.24, 2.45) is 4.99 Å². The Morgan fingerprint density at radius 1 is 1.29 bits per heavy atom. The Labute approximate surface area is 182 Å². The van der Waals surface area contributed by atoms with Crippen LogP contribution < -0.4 is 16.2 Å². The second-order valence-corrected chi connectivity index (χ2v) is 6.63. The summed E-state index contributed by atoms with van der Waals surface area (Å²) in [6, 6.07) is 5.05. The molecular formula is C17H23F3IN5OS. The fraction of sp³-hybridized carbons (Fsp3) is 0.471. The molecule has 2 N–H and O–H groups in total. The fourth-order valence-electron chi connectivity index (χ4n) is 2.26. The summed E-state index contributed by atoms with van der Waals surface area (Å²) in [6.45, 7) is 3.89. The molecule has 6 nitrogen and oxygen atoms in total. The van der Waals surface area contributed by atoms with Gasteiger partial charge < -0.3 is 15.2 Å². The number of nitrogens with zero attached hydrogens (tertiary/aromatic N) is 3. The minimum Gasteiger partial charge on any atom is -0.357 e. The van der Waals surface area contributed by atoms with Gasteiger partial charge in [0.05, 0.1) is 6.54 Å². The molecule has 2 aromatic heterocycles. The van der Waals surface area contributed by atoms with Gasteiger partial charge in [-0.2, -0.15) is 13.2 Å². The predicted octanol–water partition coefficient (Wildman–Crippen LogP) is 3.48. The quantitative estimate of drug-likeness (QED) is 0.238. The number of aromatic nitrogens is 2. The van der Waals surface area contributed by atoms with Crippen molar-refractivity contribution in [1.29, 1.82) is 0 Å². The van der Waals surface area contributed by atoms with Crippen LogP contribution in [0.25, 0.3) is 0 Å². The zero-order valence-electron chi connectivity index (χ0n) is 15.3.